The van der Waals surface area contributed by atoms with Crippen molar-refractivity contribution in [3.63, 3.8) is 0 Å². The Morgan fingerprint density at radius 3 is 3.00 bits per heavy atom. The Hall–Kier alpha value is -0.820. The monoisotopic (exact) mass is 144 g/mol. The van der Waals surface area contributed by atoms with Crippen LogP contribution < -0.4 is 0 Å². The lowest BCUT2D eigenvalue weighted by Gasteiger charge is -1.89. The number of carbonyl (C=O) groups is 1. The molecule has 0 fully saturated rings. The third-order valence-electron chi connectivity index (χ3n) is 0.829. The highest BCUT2D eigenvalue weighted by atomic mass is 31.0. The molecule has 3 nitrogen and oxygen atoms in total. The van der Waals surface area contributed by atoms with Gasteiger partial charge in [-0.2, -0.15) is 0 Å². The highest BCUT2D eigenvalue weighted by Gasteiger charge is 2.05. The second-order valence-electron chi connectivity index (χ2n) is 1.38. The van der Waals surface area contributed by atoms with E-state index in [1.807, 2.05) is 9.47 Å². The van der Waals surface area contributed by atoms with E-state index in [0.717, 1.165) is 0 Å². The predicted octanol–water partition coefficient (Wildman–Crippen LogP) is 1.23. The molecule has 0 amide bonds. The molecule has 0 saturated carbocycles. The van der Waals surface area contributed by atoms with Gasteiger partial charge < -0.3 is 8.94 Å². The van der Waals surface area contributed by atoms with Crippen molar-refractivity contribution in [3.8, 4) is 0 Å². The van der Waals surface area contributed by atoms with Crippen LogP contribution in [0.3, 0.4) is 0 Å². The Kier molecular flexibility index (Phi) is 1.85. The van der Waals surface area contributed by atoms with E-state index in [0.29, 0.717) is 0 Å². The van der Waals surface area contributed by atoms with Crippen molar-refractivity contribution in [1.29, 1.82) is 0 Å². The van der Waals surface area contributed by atoms with E-state index in [1.54, 1.807) is 6.07 Å². The number of hydrogen-bond acceptors (Lipinski definition) is 3. The maximum absolute atomic E-state index is 10.5. The molecule has 1 aromatic heterocycles. The highest BCUT2D eigenvalue weighted by Crippen LogP contribution is 2.03. The first-order valence-electron chi connectivity index (χ1n) is 2.29. The lowest BCUT2D eigenvalue weighted by Crippen LogP contribution is -1.93. The molecule has 0 aliphatic rings. The summed E-state index contributed by atoms with van der Waals surface area (Å²) in [6.07, 6.45) is 1.41. The molecule has 48 valence electrons. The van der Waals surface area contributed by atoms with Gasteiger partial charge in [-0.25, -0.2) is 4.79 Å². The van der Waals surface area contributed by atoms with Crippen LogP contribution in [0.4, 0.5) is 0 Å². The fourth-order valence-electron chi connectivity index (χ4n) is 0.453. The number of hydrogen-bond donors (Lipinski definition) is 0. The molecule has 0 aliphatic carbocycles. The number of furan rings is 1. The minimum absolute atomic E-state index is 0.213. The van der Waals surface area contributed by atoms with E-state index in [-0.39, 0.29) is 5.76 Å². The SMILES string of the molecule is O=C(OP)c1ccco1. The highest BCUT2D eigenvalue weighted by molar-refractivity contribution is 7.10. The van der Waals surface area contributed by atoms with Crippen molar-refractivity contribution in [1.82, 2.24) is 0 Å². The zero-order valence-electron chi connectivity index (χ0n) is 4.53. The largest absolute Gasteiger partial charge is 0.457 e. The van der Waals surface area contributed by atoms with Crippen molar-refractivity contribution in [2.45, 2.75) is 0 Å². The smallest absolute Gasteiger partial charge is 0.376 e. The van der Waals surface area contributed by atoms with Crippen LogP contribution in [0.2, 0.25) is 0 Å². The van der Waals surface area contributed by atoms with E-state index in [9.17, 15) is 4.79 Å². The van der Waals surface area contributed by atoms with Crippen LogP contribution in [0.1, 0.15) is 10.6 Å². The van der Waals surface area contributed by atoms with Crippen molar-refractivity contribution in [2.24, 2.45) is 0 Å². The first kappa shape index (κ1) is 6.30. The Morgan fingerprint density at radius 1 is 1.78 bits per heavy atom. The molecule has 1 unspecified atom stereocenters. The van der Waals surface area contributed by atoms with Crippen molar-refractivity contribution >= 4 is 15.4 Å². The summed E-state index contributed by atoms with van der Waals surface area (Å²) in [4.78, 5) is 10.5. The van der Waals surface area contributed by atoms with Crippen LogP contribution in [0, 0.1) is 0 Å². The Morgan fingerprint density at radius 2 is 2.56 bits per heavy atom. The van der Waals surface area contributed by atoms with Gasteiger partial charge in [0.25, 0.3) is 0 Å². The first-order valence-corrected chi connectivity index (χ1v) is 2.76. The van der Waals surface area contributed by atoms with E-state index >= 15 is 0 Å². The molecule has 1 heterocycles. The van der Waals surface area contributed by atoms with E-state index in [1.165, 1.54) is 12.3 Å². The molecular formula is C5H5O3P. The molecule has 1 atom stereocenters. The number of carbonyl (C=O) groups excluding carboxylic acids is 1. The normalized spacial score (nSPS) is 9.00. The molecule has 1 aromatic rings. The van der Waals surface area contributed by atoms with Gasteiger partial charge in [-0.15, -0.1) is 0 Å². The lowest BCUT2D eigenvalue weighted by atomic mass is 10.5. The Bertz CT molecular complexity index is 192. The molecule has 0 radical (unpaired) electrons. The molecular weight excluding hydrogens is 139 g/mol. The zero-order chi connectivity index (χ0) is 6.69. The summed E-state index contributed by atoms with van der Waals surface area (Å²) in [5.41, 5.74) is 0. The average Bonchev–Trinajstić information content (AvgIpc) is 2.37. The van der Waals surface area contributed by atoms with Crippen LogP contribution in [-0.2, 0) is 4.52 Å². The molecule has 1 rings (SSSR count). The van der Waals surface area contributed by atoms with Gasteiger partial charge in [-0.1, -0.05) is 0 Å². The summed E-state index contributed by atoms with van der Waals surface area (Å²) < 4.78 is 8.98. The fourth-order valence-corrected chi connectivity index (χ4v) is 0.569. The van der Waals surface area contributed by atoms with Crippen LogP contribution in [-0.4, -0.2) is 5.97 Å². The minimum atomic E-state index is -0.481. The van der Waals surface area contributed by atoms with E-state index in [4.69, 9.17) is 4.42 Å². The van der Waals surface area contributed by atoms with Gasteiger partial charge in [-0.05, 0) is 12.1 Å². The van der Waals surface area contributed by atoms with Gasteiger partial charge in [0.1, 0.15) is 0 Å². The quantitative estimate of drug-likeness (QED) is 0.556. The summed E-state index contributed by atoms with van der Waals surface area (Å²) >= 11 is 0. The van der Waals surface area contributed by atoms with Gasteiger partial charge in [0.2, 0.25) is 5.76 Å². The standard InChI is InChI=1S/C5H5O3P/c6-5(8-9)4-2-1-3-7-4/h1-3H,9H2. The topological polar surface area (TPSA) is 39.4 Å². The molecule has 9 heavy (non-hydrogen) atoms. The van der Waals surface area contributed by atoms with Gasteiger partial charge >= 0.3 is 5.97 Å². The molecule has 0 aromatic carbocycles. The lowest BCUT2D eigenvalue weighted by molar-refractivity contribution is 0.0733. The maximum atomic E-state index is 10.5. The van der Waals surface area contributed by atoms with Gasteiger partial charge in [-0.3, -0.25) is 0 Å². The van der Waals surface area contributed by atoms with Gasteiger partial charge in [0, 0.05) is 0 Å². The zero-order valence-corrected chi connectivity index (χ0v) is 5.69. The number of rotatable bonds is 1. The molecule has 0 aliphatic heterocycles. The first-order chi connectivity index (χ1) is 4.34. The maximum Gasteiger partial charge on any atom is 0.376 e. The predicted molar refractivity (Wildman–Crippen MR) is 33.8 cm³/mol. The molecule has 0 N–H and O–H groups in total. The van der Waals surface area contributed by atoms with Crippen molar-refractivity contribution in [2.75, 3.05) is 0 Å². The summed E-state index contributed by atoms with van der Waals surface area (Å²) in [6.45, 7) is 0. The van der Waals surface area contributed by atoms with Crippen molar-refractivity contribution in [3.05, 3.63) is 24.2 Å². The third-order valence-corrected chi connectivity index (χ3v) is 1.04. The van der Waals surface area contributed by atoms with Gasteiger partial charge in [0.15, 0.2) is 0 Å². The third kappa shape index (κ3) is 1.30. The van der Waals surface area contributed by atoms with Crippen LogP contribution in [0.15, 0.2) is 22.8 Å². The minimum Gasteiger partial charge on any atom is -0.457 e. The fraction of sp³-hybridized carbons (Fsp3) is 0. The van der Waals surface area contributed by atoms with Crippen LogP contribution in [0.25, 0.3) is 0 Å². The van der Waals surface area contributed by atoms with E-state index < -0.39 is 5.97 Å². The van der Waals surface area contributed by atoms with Crippen LogP contribution >= 0.6 is 9.47 Å². The summed E-state index contributed by atoms with van der Waals surface area (Å²) in [6, 6.07) is 3.16. The molecule has 0 saturated heterocycles. The van der Waals surface area contributed by atoms with Crippen molar-refractivity contribution < 1.29 is 13.7 Å². The average molecular weight is 144 g/mol. The summed E-state index contributed by atoms with van der Waals surface area (Å²) in [5, 5.41) is 0. The van der Waals surface area contributed by atoms with Crippen LogP contribution in [0.5, 0.6) is 0 Å². The Labute approximate surface area is 54.3 Å². The summed E-state index contributed by atoms with van der Waals surface area (Å²) in [5.74, 6) is -0.269. The molecule has 0 bridgehead atoms. The van der Waals surface area contributed by atoms with E-state index in [2.05, 4.69) is 4.52 Å². The van der Waals surface area contributed by atoms with Gasteiger partial charge in [0.05, 0.1) is 15.7 Å². The summed E-state index contributed by atoms with van der Waals surface area (Å²) in [7, 11) is 1.85. The second-order valence-corrected chi connectivity index (χ2v) is 1.62. The molecule has 0 spiro atoms. The second kappa shape index (κ2) is 2.65. The molecule has 4 heteroatoms. The Balaban J connectivity index is 2.77.